The number of ether oxygens (including phenoxy) is 1. The van der Waals surface area contributed by atoms with Crippen LogP contribution < -0.4 is 15.4 Å². The Morgan fingerprint density at radius 1 is 1.48 bits per heavy atom. The highest BCUT2D eigenvalue weighted by Gasteiger charge is 2.28. The van der Waals surface area contributed by atoms with E-state index in [1.165, 1.54) is 13.3 Å². The summed E-state index contributed by atoms with van der Waals surface area (Å²) in [4.78, 5) is 28.2. The van der Waals surface area contributed by atoms with Crippen LogP contribution in [0.25, 0.3) is 11.0 Å². The fraction of sp³-hybridized carbons (Fsp3) is 0.467. The quantitative estimate of drug-likeness (QED) is 0.852. The van der Waals surface area contributed by atoms with E-state index in [2.05, 4.69) is 20.7 Å². The second-order valence-corrected chi connectivity index (χ2v) is 5.69. The van der Waals surface area contributed by atoms with Crippen LogP contribution in [0, 0.1) is 0 Å². The summed E-state index contributed by atoms with van der Waals surface area (Å²) in [7, 11) is 3.29. The van der Waals surface area contributed by atoms with Crippen molar-refractivity contribution in [3.63, 3.8) is 0 Å². The molecule has 0 aromatic carbocycles. The maximum absolute atomic E-state index is 12.6. The number of nitrogens with zero attached hydrogens (tertiary/aromatic N) is 3. The molecule has 0 spiro atoms. The SMILES string of the molecule is COc1c(C(=O)NC2CCC(=O)NC2C)cnc2c1cnn2C. The minimum Gasteiger partial charge on any atom is -0.495 e. The Labute approximate surface area is 133 Å². The lowest BCUT2D eigenvalue weighted by Gasteiger charge is -2.30. The summed E-state index contributed by atoms with van der Waals surface area (Å²) in [6, 6.07) is -0.226. The van der Waals surface area contributed by atoms with E-state index in [0.717, 1.165) is 0 Å². The first-order chi connectivity index (χ1) is 11.0. The summed E-state index contributed by atoms with van der Waals surface area (Å²) in [6.45, 7) is 1.88. The van der Waals surface area contributed by atoms with Gasteiger partial charge in [-0.25, -0.2) is 4.98 Å². The predicted molar refractivity (Wildman–Crippen MR) is 83.2 cm³/mol. The molecule has 2 aromatic heterocycles. The molecule has 122 valence electrons. The second-order valence-electron chi connectivity index (χ2n) is 5.69. The maximum atomic E-state index is 12.6. The van der Waals surface area contributed by atoms with E-state index in [4.69, 9.17) is 4.74 Å². The Hall–Kier alpha value is -2.64. The molecule has 8 heteroatoms. The smallest absolute Gasteiger partial charge is 0.256 e. The lowest BCUT2D eigenvalue weighted by molar-refractivity contribution is -0.123. The number of methoxy groups -OCH3 is 1. The van der Waals surface area contributed by atoms with Crippen LogP contribution in [0.5, 0.6) is 5.75 Å². The molecule has 0 bridgehead atoms. The number of aromatic nitrogens is 3. The Bertz CT molecular complexity index is 770. The van der Waals surface area contributed by atoms with Crippen LogP contribution in [0.4, 0.5) is 0 Å². The van der Waals surface area contributed by atoms with Crippen LogP contribution in [-0.4, -0.2) is 45.8 Å². The zero-order valence-electron chi connectivity index (χ0n) is 13.3. The van der Waals surface area contributed by atoms with Gasteiger partial charge < -0.3 is 15.4 Å². The molecule has 1 aliphatic heterocycles. The molecule has 2 atom stereocenters. The van der Waals surface area contributed by atoms with Crippen LogP contribution in [0.1, 0.15) is 30.1 Å². The van der Waals surface area contributed by atoms with E-state index < -0.39 is 0 Å². The van der Waals surface area contributed by atoms with E-state index in [0.29, 0.717) is 35.2 Å². The normalized spacial score (nSPS) is 21.1. The molecule has 2 amide bonds. The van der Waals surface area contributed by atoms with E-state index in [1.807, 2.05) is 6.92 Å². The number of rotatable bonds is 3. The maximum Gasteiger partial charge on any atom is 0.256 e. The van der Waals surface area contributed by atoms with Gasteiger partial charge in [0.05, 0.1) is 18.7 Å². The number of nitrogens with one attached hydrogen (secondary N) is 2. The molecular weight excluding hydrogens is 298 g/mol. The summed E-state index contributed by atoms with van der Waals surface area (Å²) in [5.41, 5.74) is 1.01. The standard InChI is InChI=1S/C15H19N5O3/c1-8-11(4-5-12(21)18-8)19-15(22)10-6-16-14-9(13(10)23-3)7-17-20(14)2/h6-8,11H,4-5H2,1-3H3,(H,18,21)(H,19,22). The van der Waals surface area contributed by atoms with Crippen molar-refractivity contribution in [3.05, 3.63) is 18.0 Å². The molecule has 2 N–H and O–H groups in total. The molecule has 0 radical (unpaired) electrons. The van der Waals surface area contributed by atoms with Crippen LogP contribution in [0.15, 0.2) is 12.4 Å². The first-order valence-electron chi connectivity index (χ1n) is 7.46. The highest BCUT2D eigenvalue weighted by atomic mass is 16.5. The summed E-state index contributed by atoms with van der Waals surface area (Å²) in [6.07, 6.45) is 4.14. The van der Waals surface area contributed by atoms with Crippen LogP contribution in [0.3, 0.4) is 0 Å². The van der Waals surface area contributed by atoms with Crippen molar-refractivity contribution in [1.29, 1.82) is 0 Å². The average molecular weight is 317 g/mol. The van der Waals surface area contributed by atoms with Gasteiger partial charge in [-0.05, 0) is 13.3 Å². The lowest BCUT2D eigenvalue weighted by Crippen LogP contribution is -2.54. The molecule has 23 heavy (non-hydrogen) atoms. The van der Waals surface area contributed by atoms with Crippen molar-refractivity contribution in [1.82, 2.24) is 25.4 Å². The molecule has 2 unspecified atom stereocenters. The molecule has 3 rings (SSSR count). The van der Waals surface area contributed by atoms with E-state index in [1.54, 1.807) is 17.9 Å². The highest BCUT2D eigenvalue weighted by Crippen LogP contribution is 2.27. The zero-order chi connectivity index (χ0) is 16.6. The van der Waals surface area contributed by atoms with Crippen LogP contribution >= 0.6 is 0 Å². The van der Waals surface area contributed by atoms with Crippen LogP contribution in [0.2, 0.25) is 0 Å². The van der Waals surface area contributed by atoms with Gasteiger partial charge >= 0.3 is 0 Å². The molecular formula is C15H19N5O3. The molecule has 1 saturated heterocycles. The predicted octanol–water partition coefficient (Wildman–Crippen LogP) is 0.374. The van der Waals surface area contributed by atoms with Gasteiger partial charge in [0.1, 0.15) is 11.3 Å². The topological polar surface area (TPSA) is 98.1 Å². The number of carbonyl (C=O) groups is 2. The molecule has 0 saturated carbocycles. The average Bonchev–Trinajstić information content (AvgIpc) is 2.90. The number of aryl methyl sites for hydroxylation is 1. The van der Waals surface area contributed by atoms with Crippen molar-refractivity contribution in [2.24, 2.45) is 7.05 Å². The number of piperidine rings is 1. The lowest BCUT2D eigenvalue weighted by atomic mass is 9.99. The van der Waals surface area contributed by atoms with Gasteiger partial charge in [-0.2, -0.15) is 5.10 Å². The van der Waals surface area contributed by atoms with Gasteiger partial charge in [0.15, 0.2) is 5.65 Å². The van der Waals surface area contributed by atoms with Crippen LogP contribution in [-0.2, 0) is 11.8 Å². The fourth-order valence-corrected chi connectivity index (χ4v) is 2.86. The number of carbonyl (C=O) groups excluding carboxylic acids is 2. The van der Waals surface area contributed by atoms with Crippen molar-refractivity contribution < 1.29 is 14.3 Å². The molecule has 0 aliphatic carbocycles. The first-order valence-corrected chi connectivity index (χ1v) is 7.46. The summed E-state index contributed by atoms with van der Waals surface area (Å²) < 4.78 is 7.03. The monoisotopic (exact) mass is 317 g/mol. The third-order valence-corrected chi connectivity index (χ3v) is 4.15. The Kier molecular flexibility index (Phi) is 3.89. The number of fused-ring (bicyclic) bond motifs is 1. The van der Waals surface area contributed by atoms with E-state index in [9.17, 15) is 9.59 Å². The van der Waals surface area contributed by atoms with Crippen molar-refractivity contribution in [2.45, 2.75) is 31.8 Å². The Morgan fingerprint density at radius 2 is 2.26 bits per heavy atom. The van der Waals surface area contributed by atoms with Gasteiger partial charge in [-0.15, -0.1) is 0 Å². The van der Waals surface area contributed by atoms with Crippen molar-refractivity contribution in [3.8, 4) is 5.75 Å². The number of hydrogen-bond acceptors (Lipinski definition) is 5. The molecule has 1 fully saturated rings. The van der Waals surface area contributed by atoms with Crippen molar-refractivity contribution >= 4 is 22.8 Å². The second kappa shape index (κ2) is 5.86. The number of pyridine rings is 1. The first kappa shape index (κ1) is 15.3. The fourth-order valence-electron chi connectivity index (χ4n) is 2.86. The van der Waals surface area contributed by atoms with Crippen molar-refractivity contribution in [2.75, 3.05) is 7.11 Å². The minimum atomic E-state index is -0.270. The summed E-state index contributed by atoms with van der Waals surface area (Å²) in [5.74, 6) is 0.195. The van der Waals surface area contributed by atoms with Gasteiger partial charge in [-0.3, -0.25) is 14.3 Å². The van der Waals surface area contributed by atoms with E-state index >= 15 is 0 Å². The summed E-state index contributed by atoms with van der Waals surface area (Å²) in [5, 5.41) is 10.6. The number of amides is 2. The number of hydrogen-bond donors (Lipinski definition) is 2. The largest absolute Gasteiger partial charge is 0.495 e. The van der Waals surface area contributed by atoms with Gasteiger partial charge in [0, 0.05) is 31.7 Å². The third-order valence-electron chi connectivity index (χ3n) is 4.15. The van der Waals surface area contributed by atoms with Gasteiger partial charge in [0.25, 0.3) is 5.91 Å². The molecule has 3 heterocycles. The summed E-state index contributed by atoms with van der Waals surface area (Å²) >= 11 is 0. The van der Waals surface area contributed by atoms with Gasteiger partial charge in [-0.1, -0.05) is 0 Å². The minimum absolute atomic E-state index is 0.0130. The third kappa shape index (κ3) is 2.71. The molecule has 8 nitrogen and oxygen atoms in total. The molecule has 2 aromatic rings. The molecule has 1 aliphatic rings. The van der Waals surface area contributed by atoms with E-state index in [-0.39, 0.29) is 23.9 Å². The highest BCUT2D eigenvalue weighted by molar-refractivity contribution is 6.02. The Balaban J connectivity index is 1.87. The Morgan fingerprint density at radius 3 is 2.96 bits per heavy atom. The zero-order valence-corrected chi connectivity index (χ0v) is 13.3. The van der Waals surface area contributed by atoms with Gasteiger partial charge in [0.2, 0.25) is 5.91 Å².